The number of nitrogens with zero attached hydrogens (tertiary/aromatic N) is 1. The maximum Gasteiger partial charge on any atom is 0.332 e. The first kappa shape index (κ1) is 37.5. The quantitative estimate of drug-likeness (QED) is 0.179. The maximum absolute atomic E-state index is 11.7. The summed E-state index contributed by atoms with van der Waals surface area (Å²) in [6, 6.07) is 14.5. The van der Waals surface area contributed by atoms with E-state index in [9.17, 15) is 9.90 Å². The Labute approximate surface area is 292 Å². The van der Waals surface area contributed by atoms with Gasteiger partial charge in [-0.25, -0.2) is 4.79 Å². The number of rotatable bonds is 14. The van der Waals surface area contributed by atoms with Gasteiger partial charge in [-0.05, 0) is 102 Å². The molecule has 2 aliphatic heterocycles. The van der Waals surface area contributed by atoms with Gasteiger partial charge in [-0.3, -0.25) is 0 Å². The number of aliphatic hydroxyl groups is 1. The van der Waals surface area contributed by atoms with Crippen LogP contribution in [-0.4, -0.2) is 91.7 Å². The average molecular weight is 680 g/mol. The second-order valence-corrected chi connectivity index (χ2v) is 14.9. The first-order chi connectivity index (χ1) is 23.4. The lowest BCUT2D eigenvalue weighted by Crippen LogP contribution is -2.43. The van der Waals surface area contributed by atoms with E-state index in [4.69, 9.17) is 28.4 Å². The summed E-state index contributed by atoms with van der Waals surface area (Å²) >= 11 is 0. The lowest BCUT2D eigenvalue weighted by atomic mass is 9.80. The van der Waals surface area contributed by atoms with Gasteiger partial charge in [0, 0.05) is 19.6 Å². The monoisotopic (exact) mass is 679 g/mol. The highest BCUT2D eigenvalue weighted by Gasteiger charge is 2.51. The molecule has 5 rings (SSSR count). The predicted octanol–water partition coefficient (Wildman–Crippen LogP) is 6.43. The highest BCUT2D eigenvalue weighted by atomic mass is 16.6. The zero-order valence-corrected chi connectivity index (χ0v) is 30.4. The van der Waals surface area contributed by atoms with Crippen molar-refractivity contribution in [1.29, 1.82) is 0 Å². The Balaban J connectivity index is 1.09. The molecule has 49 heavy (non-hydrogen) atoms. The molecular weight excluding hydrogens is 622 g/mol. The Bertz CT molecular complexity index is 1380. The molecule has 1 spiro atoms. The standard InChI is InChI=1S/C40H57NO8/c1-28-24-29(2)35(30(3)25-28)36-37(46-26-31-10-8-7-9-11-31)40(49-38(36)43)16-12-32(13-17-40)47-33-14-18-41(19-15-33)20-21-44-22-23-45-27-34(42)48-39(4,5)6/h7-11,24-25,32-33,38,43H,12-23,26-27H2,1-6H3/t32-,38?,40+. The molecule has 3 aliphatic rings. The van der Waals surface area contributed by atoms with Crippen LogP contribution in [0.3, 0.4) is 0 Å². The molecule has 1 saturated heterocycles. The van der Waals surface area contributed by atoms with E-state index in [1.165, 1.54) is 5.56 Å². The van der Waals surface area contributed by atoms with Gasteiger partial charge < -0.3 is 38.4 Å². The predicted molar refractivity (Wildman–Crippen MR) is 189 cm³/mol. The molecule has 1 saturated carbocycles. The fourth-order valence-corrected chi connectivity index (χ4v) is 7.48. The van der Waals surface area contributed by atoms with Crippen molar-refractivity contribution in [2.75, 3.05) is 46.1 Å². The van der Waals surface area contributed by atoms with E-state index in [0.29, 0.717) is 26.4 Å². The molecule has 2 heterocycles. The van der Waals surface area contributed by atoms with Gasteiger partial charge in [0.05, 0.1) is 37.6 Å². The van der Waals surface area contributed by atoms with Gasteiger partial charge in [-0.15, -0.1) is 0 Å². The van der Waals surface area contributed by atoms with E-state index in [0.717, 1.165) is 91.7 Å². The van der Waals surface area contributed by atoms with Crippen LogP contribution >= 0.6 is 0 Å². The van der Waals surface area contributed by atoms with Crippen molar-refractivity contribution in [1.82, 2.24) is 4.90 Å². The average Bonchev–Trinajstić information content (AvgIpc) is 3.30. The van der Waals surface area contributed by atoms with E-state index in [-0.39, 0.29) is 24.8 Å². The van der Waals surface area contributed by atoms with Crippen molar-refractivity contribution in [2.45, 2.75) is 116 Å². The van der Waals surface area contributed by atoms with E-state index < -0.39 is 17.5 Å². The van der Waals surface area contributed by atoms with Crippen LogP contribution in [-0.2, 0) is 39.8 Å². The fraction of sp³-hybridized carbons (Fsp3) is 0.625. The molecule has 0 radical (unpaired) electrons. The molecule has 1 unspecified atom stereocenters. The van der Waals surface area contributed by atoms with E-state index in [1.54, 1.807) is 0 Å². The molecule has 1 atom stereocenters. The summed E-state index contributed by atoms with van der Waals surface area (Å²) in [4.78, 5) is 14.1. The maximum atomic E-state index is 11.7. The largest absolute Gasteiger partial charge is 0.490 e. The minimum Gasteiger partial charge on any atom is -0.490 e. The van der Waals surface area contributed by atoms with Crippen LogP contribution < -0.4 is 0 Å². The molecule has 2 aromatic rings. The molecule has 2 aromatic carbocycles. The zero-order valence-electron chi connectivity index (χ0n) is 30.4. The van der Waals surface area contributed by atoms with Crippen LogP contribution in [0.2, 0.25) is 0 Å². The first-order valence-corrected chi connectivity index (χ1v) is 18.0. The van der Waals surface area contributed by atoms with Crippen molar-refractivity contribution in [3.8, 4) is 0 Å². The summed E-state index contributed by atoms with van der Waals surface area (Å²) in [6.07, 6.45) is 4.55. The Hall–Kier alpha value is -2.79. The highest BCUT2D eigenvalue weighted by Crippen LogP contribution is 2.50. The number of esters is 1. The summed E-state index contributed by atoms with van der Waals surface area (Å²) < 4.78 is 36.2. The SMILES string of the molecule is Cc1cc(C)c(C2=C(OCc3ccccc3)[C@]3(CC[C@H](OC4CCN(CCOCCOCC(=O)OC(C)(C)C)CC4)CC3)OC2O)c(C)c1. The van der Waals surface area contributed by atoms with Crippen LogP contribution in [0.1, 0.15) is 87.1 Å². The third-order valence-corrected chi connectivity index (χ3v) is 9.64. The number of hydrogen-bond donors (Lipinski definition) is 1. The Morgan fingerprint density at radius 2 is 1.55 bits per heavy atom. The first-order valence-electron chi connectivity index (χ1n) is 18.0. The van der Waals surface area contributed by atoms with Crippen LogP contribution in [0.4, 0.5) is 0 Å². The molecule has 270 valence electrons. The summed E-state index contributed by atoms with van der Waals surface area (Å²) in [7, 11) is 0. The lowest BCUT2D eigenvalue weighted by molar-refractivity contribution is -0.164. The van der Waals surface area contributed by atoms with E-state index >= 15 is 0 Å². The number of carbonyl (C=O) groups excluding carboxylic acids is 1. The van der Waals surface area contributed by atoms with Crippen LogP contribution in [0.25, 0.3) is 5.57 Å². The number of ether oxygens (including phenoxy) is 6. The van der Waals surface area contributed by atoms with Crippen LogP contribution in [0, 0.1) is 20.8 Å². The van der Waals surface area contributed by atoms with Crippen molar-refractivity contribution in [2.24, 2.45) is 0 Å². The molecule has 0 aromatic heterocycles. The molecular formula is C40H57NO8. The molecule has 1 N–H and O–H groups in total. The smallest absolute Gasteiger partial charge is 0.332 e. The summed E-state index contributed by atoms with van der Waals surface area (Å²) in [5.74, 6) is 0.422. The Kier molecular flexibility index (Phi) is 13.0. The van der Waals surface area contributed by atoms with Gasteiger partial charge in [0.1, 0.15) is 30.2 Å². The number of likely N-dealkylation sites (tertiary alicyclic amines) is 1. The fourth-order valence-electron chi connectivity index (χ4n) is 7.48. The zero-order chi connectivity index (χ0) is 35.0. The van der Waals surface area contributed by atoms with Gasteiger partial charge >= 0.3 is 5.97 Å². The third-order valence-electron chi connectivity index (χ3n) is 9.64. The number of aryl methyl sites for hydroxylation is 3. The van der Waals surface area contributed by atoms with Crippen molar-refractivity contribution in [3.05, 3.63) is 76.0 Å². The van der Waals surface area contributed by atoms with Crippen LogP contribution in [0.15, 0.2) is 48.2 Å². The van der Waals surface area contributed by atoms with Crippen LogP contribution in [0.5, 0.6) is 0 Å². The molecule has 2 fully saturated rings. The number of carbonyl (C=O) groups is 1. The minimum absolute atomic E-state index is 0.0567. The second-order valence-electron chi connectivity index (χ2n) is 14.9. The van der Waals surface area contributed by atoms with Crippen molar-refractivity contribution < 1.29 is 38.3 Å². The molecule has 9 heteroatoms. The summed E-state index contributed by atoms with van der Waals surface area (Å²) in [5.41, 5.74) is 5.15. The molecule has 1 aliphatic carbocycles. The van der Waals surface area contributed by atoms with Gasteiger partial charge in [0.2, 0.25) is 0 Å². The van der Waals surface area contributed by atoms with Gasteiger partial charge in [0.15, 0.2) is 6.29 Å². The number of hydrogen-bond acceptors (Lipinski definition) is 9. The van der Waals surface area contributed by atoms with Gasteiger partial charge in [-0.1, -0.05) is 48.0 Å². The van der Waals surface area contributed by atoms with Gasteiger partial charge in [-0.2, -0.15) is 0 Å². The number of piperidine rings is 1. The molecule has 9 nitrogen and oxygen atoms in total. The third kappa shape index (κ3) is 10.4. The van der Waals surface area contributed by atoms with Gasteiger partial charge in [0.25, 0.3) is 0 Å². The normalized spacial score (nSPS) is 23.7. The summed E-state index contributed by atoms with van der Waals surface area (Å²) in [6.45, 7) is 16.5. The van der Waals surface area contributed by atoms with Crippen molar-refractivity contribution >= 4 is 11.5 Å². The van der Waals surface area contributed by atoms with Crippen molar-refractivity contribution in [3.63, 3.8) is 0 Å². The number of benzene rings is 2. The minimum atomic E-state index is -1.04. The number of aliphatic hydroxyl groups excluding tert-OH is 1. The van der Waals surface area contributed by atoms with E-state index in [2.05, 4.69) is 49.9 Å². The lowest BCUT2D eigenvalue weighted by Gasteiger charge is -2.40. The topological polar surface area (TPSA) is 95.9 Å². The summed E-state index contributed by atoms with van der Waals surface area (Å²) in [5, 5.41) is 11.4. The Morgan fingerprint density at radius 1 is 0.918 bits per heavy atom. The van der Waals surface area contributed by atoms with E-state index in [1.807, 2.05) is 39.0 Å². The molecule has 0 amide bonds. The Morgan fingerprint density at radius 3 is 2.20 bits per heavy atom. The highest BCUT2D eigenvalue weighted by molar-refractivity contribution is 5.77. The molecule has 0 bridgehead atoms. The second kappa shape index (κ2) is 16.9.